The van der Waals surface area contributed by atoms with Gasteiger partial charge in [-0.1, -0.05) is 36.7 Å². The highest BCUT2D eigenvalue weighted by Crippen LogP contribution is 2.26. The molecule has 2 aromatic carbocycles. The van der Waals surface area contributed by atoms with E-state index < -0.39 is 18.5 Å². The van der Waals surface area contributed by atoms with Crippen molar-refractivity contribution in [2.75, 3.05) is 25.1 Å². The average Bonchev–Trinajstić information content (AvgIpc) is 2.63. The van der Waals surface area contributed by atoms with Crippen LogP contribution in [-0.4, -0.2) is 31.7 Å². The van der Waals surface area contributed by atoms with Crippen molar-refractivity contribution in [1.29, 1.82) is 0 Å². The summed E-state index contributed by atoms with van der Waals surface area (Å²) in [6.45, 7) is 1.81. The Kier molecular flexibility index (Phi) is 7.76. The molecule has 0 saturated carbocycles. The first kappa shape index (κ1) is 19.6. The Morgan fingerprint density at radius 2 is 1.73 bits per heavy atom. The zero-order chi connectivity index (χ0) is 18.8. The van der Waals surface area contributed by atoms with E-state index in [2.05, 4.69) is 5.32 Å². The second-order valence-corrected chi connectivity index (χ2v) is 5.74. The molecule has 0 heterocycles. The highest BCUT2D eigenvalue weighted by molar-refractivity contribution is 6.30. The minimum Gasteiger partial charge on any atom is -0.490 e. The van der Waals surface area contributed by atoms with Crippen molar-refractivity contribution in [1.82, 2.24) is 0 Å². The lowest BCUT2D eigenvalue weighted by Gasteiger charge is -2.12. The van der Waals surface area contributed by atoms with E-state index in [1.807, 2.05) is 13.0 Å². The minimum atomic E-state index is -0.656. The van der Waals surface area contributed by atoms with Gasteiger partial charge in [0.15, 0.2) is 24.7 Å². The van der Waals surface area contributed by atoms with Gasteiger partial charge in [-0.2, -0.15) is 0 Å². The Morgan fingerprint density at radius 1 is 1.00 bits per heavy atom. The Labute approximate surface area is 157 Å². The number of halogens is 1. The molecule has 0 atom stereocenters. The van der Waals surface area contributed by atoms with Gasteiger partial charge in [0.1, 0.15) is 0 Å². The molecule has 0 saturated heterocycles. The van der Waals surface area contributed by atoms with Gasteiger partial charge in [0, 0.05) is 10.7 Å². The number of esters is 1. The summed E-state index contributed by atoms with van der Waals surface area (Å²) in [6.07, 6.45) is 0.859. The lowest BCUT2D eigenvalue weighted by molar-refractivity contribution is -0.149. The lowest BCUT2D eigenvalue weighted by atomic mass is 10.3. The lowest BCUT2D eigenvalue weighted by Crippen LogP contribution is -2.23. The van der Waals surface area contributed by atoms with Crippen molar-refractivity contribution in [3.8, 4) is 11.5 Å². The van der Waals surface area contributed by atoms with E-state index in [-0.39, 0.29) is 6.61 Å². The summed E-state index contributed by atoms with van der Waals surface area (Å²) in [7, 11) is 0. The van der Waals surface area contributed by atoms with Crippen LogP contribution in [0, 0.1) is 0 Å². The number of carbonyl (C=O) groups excluding carboxylic acids is 2. The number of hydrogen-bond donors (Lipinski definition) is 1. The minimum absolute atomic E-state index is 0.322. The van der Waals surface area contributed by atoms with Gasteiger partial charge in [0.25, 0.3) is 5.91 Å². The molecule has 7 heteroatoms. The molecule has 0 aliphatic carbocycles. The van der Waals surface area contributed by atoms with Crippen LogP contribution in [-0.2, 0) is 14.3 Å². The topological polar surface area (TPSA) is 73.9 Å². The highest BCUT2D eigenvalue weighted by Gasteiger charge is 2.11. The zero-order valence-electron chi connectivity index (χ0n) is 14.4. The van der Waals surface area contributed by atoms with Crippen molar-refractivity contribution < 1.29 is 23.8 Å². The number of para-hydroxylation sites is 2. The largest absolute Gasteiger partial charge is 0.490 e. The maximum Gasteiger partial charge on any atom is 0.344 e. The zero-order valence-corrected chi connectivity index (χ0v) is 15.1. The molecule has 0 aliphatic heterocycles. The molecule has 2 rings (SSSR count). The predicted octanol–water partition coefficient (Wildman–Crippen LogP) is 3.69. The van der Waals surface area contributed by atoms with Crippen LogP contribution in [0.2, 0.25) is 5.02 Å². The summed E-state index contributed by atoms with van der Waals surface area (Å²) in [6, 6.07) is 13.7. The smallest absolute Gasteiger partial charge is 0.344 e. The molecule has 6 nitrogen and oxygen atoms in total. The van der Waals surface area contributed by atoms with Crippen molar-refractivity contribution in [2.45, 2.75) is 13.3 Å². The summed E-state index contributed by atoms with van der Waals surface area (Å²) in [4.78, 5) is 23.5. The average molecular weight is 378 g/mol. The molecule has 0 spiro atoms. The van der Waals surface area contributed by atoms with Crippen molar-refractivity contribution in [3.63, 3.8) is 0 Å². The van der Waals surface area contributed by atoms with Crippen molar-refractivity contribution >= 4 is 29.2 Å². The quantitative estimate of drug-likeness (QED) is 0.674. The van der Waals surface area contributed by atoms with Crippen LogP contribution in [0.25, 0.3) is 0 Å². The third-order valence-electron chi connectivity index (χ3n) is 3.13. The van der Waals surface area contributed by atoms with Gasteiger partial charge in [0.2, 0.25) is 0 Å². The Hall–Kier alpha value is -2.73. The van der Waals surface area contributed by atoms with Crippen molar-refractivity contribution in [3.05, 3.63) is 53.6 Å². The molecule has 0 fully saturated rings. The molecule has 1 N–H and O–H groups in total. The van der Waals surface area contributed by atoms with Gasteiger partial charge in [-0.05, 0) is 36.8 Å². The maximum absolute atomic E-state index is 11.8. The van der Waals surface area contributed by atoms with Crippen LogP contribution in [0.4, 0.5) is 5.69 Å². The standard InChI is InChI=1S/C19H20ClNO5/c1-2-10-24-16-8-3-4-9-17(16)25-13-19(23)26-12-18(22)21-15-7-5-6-14(20)11-15/h3-9,11H,2,10,12-13H2,1H3,(H,21,22). The summed E-state index contributed by atoms with van der Waals surface area (Å²) in [5.74, 6) is -0.119. The molecule has 0 aromatic heterocycles. The van der Waals surface area contributed by atoms with Gasteiger partial charge < -0.3 is 19.5 Å². The number of hydrogen-bond acceptors (Lipinski definition) is 5. The van der Waals surface area contributed by atoms with E-state index in [0.29, 0.717) is 28.8 Å². The molecule has 2 aromatic rings. The van der Waals surface area contributed by atoms with Crippen LogP contribution in [0.5, 0.6) is 11.5 Å². The molecular weight excluding hydrogens is 358 g/mol. The number of anilines is 1. The normalized spacial score (nSPS) is 10.1. The monoisotopic (exact) mass is 377 g/mol. The maximum atomic E-state index is 11.8. The number of ether oxygens (including phenoxy) is 3. The molecule has 0 radical (unpaired) electrons. The SMILES string of the molecule is CCCOc1ccccc1OCC(=O)OCC(=O)Nc1cccc(Cl)c1. The van der Waals surface area contributed by atoms with Crippen LogP contribution in [0.1, 0.15) is 13.3 Å². The van der Waals surface area contributed by atoms with Gasteiger partial charge >= 0.3 is 5.97 Å². The first-order chi connectivity index (χ1) is 12.6. The molecule has 0 bridgehead atoms. The number of nitrogens with one attached hydrogen (secondary N) is 1. The van der Waals surface area contributed by atoms with E-state index >= 15 is 0 Å². The summed E-state index contributed by atoms with van der Waals surface area (Å²) in [5, 5.41) is 3.08. The van der Waals surface area contributed by atoms with Crippen LogP contribution >= 0.6 is 11.6 Å². The Balaban J connectivity index is 1.76. The highest BCUT2D eigenvalue weighted by atomic mass is 35.5. The number of amides is 1. The fourth-order valence-corrected chi connectivity index (χ4v) is 2.18. The second-order valence-electron chi connectivity index (χ2n) is 5.30. The van der Waals surface area contributed by atoms with Crippen LogP contribution < -0.4 is 14.8 Å². The Morgan fingerprint density at radius 3 is 2.42 bits per heavy atom. The number of benzene rings is 2. The number of carbonyl (C=O) groups is 2. The van der Waals surface area contributed by atoms with Gasteiger partial charge in [-0.3, -0.25) is 4.79 Å². The van der Waals surface area contributed by atoms with Crippen LogP contribution in [0.3, 0.4) is 0 Å². The van der Waals surface area contributed by atoms with E-state index in [1.54, 1.807) is 42.5 Å². The third-order valence-corrected chi connectivity index (χ3v) is 3.36. The molecule has 138 valence electrons. The van der Waals surface area contributed by atoms with E-state index in [0.717, 1.165) is 6.42 Å². The molecule has 26 heavy (non-hydrogen) atoms. The summed E-state index contributed by atoms with van der Waals surface area (Å²) < 4.78 is 15.9. The third kappa shape index (κ3) is 6.64. The van der Waals surface area contributed by atoms with Gasteiger partial charge in [-0.15, -0.1) is 0 Å². The first-order valence-electron chi connectivity index (χ1n) is 8.14. The van der Waals surface area contributed by atoms with Crippen molar-refractivity contribution in [2.24, 2.45) is 0 Å². The van der Waals surface area contributed by atoms with E-state index in [9.17, 15) is 9.59 Å². The summed E-state index contributed by atoms with van der Waals surface area (Å²) in [5.41, 5.74) is 0.525. The van der Waals surface area contributed by atoms with E-state index in [4.69, 9.17) is 25.8 Å². The first-order valence-corrected chi connectivity index (χ1v) is 8.52. The molecule has 0 aliphatic rings. The molecule has 0 unspecified atom stereocenters. The Bertz CT molecular complexity index is 750. The van der Waals surface area contributed by atoms with Gasteiger partial charge in [0.05, 0.1) is 6.61 Å². The van der Waals surface area contributed by atoms with E-state index in [1.165, 1.54) is 0 Å². The molecule has 1 amide bonds. The van der Waals surface area contributed by atoms with Gasteiger partial charge in [-0.25, -0.2) is 4.79 Å². The van der Waals surface area contributed by atoms with Crippen LogP contribution in [0.15, 0.2) is 48.5 Å². The fraction of sp³-hybridized carbons (Fsp3) is 0.263. The molecular formula is C19H20ClNO5. The second kappa shape index (κ2) is 10.3. The number of rotatable bonds is 9. The fourth-order valence-electron chi connectivity index (χ4n) is 1.99. The predicted molar refractivity (Wildman–Crippen MR) is 98.8 cm³/mol. The summed E-state index contributed by atoms with van der Waals surface area (Å²) >= 11 is 5.84.